The fraction of sp³-hybridized carbons (Fsp3) is 0.150. The monoisotopic (exact) mass is 423 g/mol. The minimum Gasteiger partial charge on any atom is -0.459 e. The molecule has 5 nitrogen and oxygen atoms in total. The molecule has 3 rings (SSSR count). The lowest BCUT2D eigenvalue weighted by Crippen LogP contribution is -2.24. The van der Waals surface area contributed by atoms with Gasteiger partial charge in [-0.05, 0) is 35.9 Å². The van der Waals surface area contributed by atoms with Gasteiger partial charge in [0.05, 0.1) is 22.5 Å². The highest BCUT2D eigenvalue weighted by molar-refractivity contribution is 7.90. The first-order chi connectivity index (χ1) is 13.7. The third kappa shape index (κ3) is 5.05. The SMILES string of the molecule is O=C(NCc1ccc(C(F)(F)F)cc1)c1occc1CS(=O)(=O)c1ccccc1. The second-order valence-electron chi connectivity index (χ2n) is 6.22. The van der Waals surface area contributed by atoms with Crippen LogP contribution in [0.2, 0.25) is 0 Å². The van der Waals surface area contributed by atoms with Gasteiger partial charge < -0.3 is 9.73 Å². The Hall–Kier alpha value is -3.07. The molecule has 0 aliphatic rings. The molecular weight excluding hydrogens is 407 g/mol. The molecule has 0 bridgehead atoms. The number of halogens is 3. The zero-order chi connectivity index (χ0) is 21.1. The van der Waals surface area contributed by atoms with Gasteiger partial charge in [0.1, 0.15) is 0 Å². The van der Waals surface area contributed by atoms with Gasteiger partial charge in [0.25, 0.3) is 5.91 Å². The van der Waals surface area contributed by atoms with Crippen LogP contribution < -0.4 is 5.32 Å². The predicted molar refractivity (Wildman–Crippen MR) is 98.7 cm³/mol. The van der Waals surface area contributed by atoms with Crippen molar-refractivity contribution in [2.75, 3.05) is 0 Å². The minimum absolute atomic E-state index is 0.0391. The average Bonchev–Trinajstić information content (AvgIpc) is 3.14. The number of carbonyl (C=O) groups excluding carboxylic acids is 1. The van der Waals surface area contributed by atoms with Crippen molar-refractivity contribution in [3.05, 3.63) is 89.4 Å². The molecule has 29 heavy (non-hydrogen) atoms. The zero-order valence-corrected chi connectivity index (χ0v) is 15.8. The maximum atomic E-state index is 12.6. The number of rotatable bonds is 6. The molecule has 0 saturated heterocycles. The van der Waals surface area contributed by atoms with Crippen molar-refractivity contribution in [1.29, 1.82) is 0 Å². The quantitative estimate of drug-likeness (QED) is 0.645. The van der Waals surface area contributed by atoms with E-state index in [1.165, 1.54) is 36.6 Å². The molecule has 0 saturated carbocycles. The largest absolute Gasteiger partial charge is 0.459 e. The van der Waals surface area contributed by atoms with Crippen molar-refractivity contribution < 1.29 is 30.8 Å². The summed E-state index contributed by atoms with van der Waals surface area (Å²) < 4.78 is 67.9. The van der Waals surface area contributed by atoms with Crippen molar-refractivity contribution in [3.63, 3.8) is 0 Å². The van der Waals surface area contributed by atoms with Gasteiger partial charge in [-0.2, -0.15) is 13.2 Å². The molecule has 0 aliphatic carbocycles. The molecule has 0 atom stereocenters. The van der Waals surface area contributed by atoms with Crippen LogP contribution >= 0.6 is 0 Å². The normalized spacial score (nSPS) is 12.0. The number of alkyl halides is 3. The molecule has 0 spiro atoms. The first-order valence-electron chi connectivity index (χ1n) is 8.45. The molecule has 1 heterocycles. The van der Waals surface area contributed by atoms with Crippen LogP contribution in [0.5, 0.6) is 0 Å². The van der Waals surface area contributed by atoms with E-state index in [-0.39, 0.29) is 22.8 Å². The van der Waals surface area contributed by atoms with Crippen molar-refractivity contribution in [2.24, 2.45) is 0 Å². The average molecular weight is 423 g/mol. The van der Waals surface area contributed by atoms with E-state index >= 15 is 0 Å². The Morgan fingerprint density at radius 1 is 0.966 bits per heavy atom. The van der Waals surface area contributed by atoms with Crippen LogP contribution in [-0.4, -0.2) is 14.3 Å². The van der Waals surface area contributed by atoms with Crippen LogP contribution in [0.15, 0.2) is 76.2 Å². The summed E-state index contributed by atoms with van der Waals surface area (Å²) in [5.74, 6) is -1.24. The molecule has 152 valence electrons. The van der Waals surface area contributed by atoms with Gasteiger partial charge >= 0.3 is 6.18 Å². The van der Waals surface area contributed by atoms with E-state index in [0.717, 1.165) is 12.1 Å². The molecule has 0 fully saturated rings. The van der Waals surface area contributed by atoms with Gasteiger partial charge in [0.15, 0.2) is 15.6 Å². The third-order valence-electron chi connectivity index (χ3n) is 4.14. The lowest BCUT2D eigenvalue weighted by Gasteiger charge is -2.09. The number of nitrogens with one attached hydrogen (secondary N) is 1. The molecule has 1 N–H and O–H groups in total. The number of hydrogen-bond acceptors (Lipinski definition) is 4. The molecule has 0 radical (unpaired) electrons. The van der Waals surface area contributed by atoms with Crippen LogP contribution in [0.3, 0.4) is 0 Å². The van der Waals surface area contributed by atoms with Gasteiger partial charge in [0.2, 0.25) is 0 Å². The summed E-state index contributed by atoms with van der Waals surface area (Å²) in [7, 11) is -3.67. The lowest BCUT2D eigenvalue weighted by atomic mass is 10.1. The molecule has 3 aromatic rings. The van der Waals surface area contributed by atoms with E-state index < -0.39 is 33.2 Å². The molecule has 0 aliphatic heterocycles. The lowest BCUT2D eigenvalue weighted by molar-refractivity contribution is -0.137. The number of furan rings is 1. The highest BCUT2D eigenvalue weighted by Gasteiger charge is 2.30. The fourth-order valence-electron chi connectivity index (χ4n) is 2.64. The summed E-state index contributed by atoms with van der Waals surface area (Å²) >= 11 is 0. The maximum Gasteiger partial charge on any atom is 0.416 e. The highest BCUT2D eigenvalue weighted by Crippen LogP contribution is 2.29. The van der Waals surface area contributed by atoms with E-state index in [9.17, 15) is 26.4 Å². The topological polar surface area (TPSA) is 76.4 Å². The van der Waals surface area contributed by atoms with E-state index in [2.05, 4.69) is 5.32 Å². The second-order valence-corrected chi connectivity index (χ2v) is 8.21. The maximum absolute atomic E-state index is 12.6. The summed E-state index contributed by atoms with van der Waals surface area (Å²) in [5.41, 5.74) is -0.137. The Balaban J connectivity index is 1.68. The van der Waals surface area contributed by atoms with Gasteiger partial charge in [-0.15, -0.1) is 0 Å². The van der Waals surface area contributed by atoms with Crippen LogP contribution in [0.25, 0.3) is 0 Å². The first-order valence-corrected chi connectivity index (χ1v) is 10.1. The highest BCUT2D eigenvalue weighted by atomic mass is 32.2. The second kappa shape index (κ2) is 8.12. The van der Waals surface area contributed by atoms with Gasteiger partial charge in [0, 0.05) is 12.1 Å². The van der Waals surface area contributed by atoms with E-state index in [4.69, 9.17) is 4.42 Å². The molecule has 0 unspecified atom stereocenters. The van der Waals surface area contributed by atoms with Gasteiger partial charge in [-0.25, -0.2) is 8.42 Å². The van der Waals surface area contributed by atoms with Crippen LogP contribution in [0, 0.1) is 0 Å². The zero-order valence-electron chi connectivity index (χ0n) is 14.9. The van der Waals surface area contributed by atoms with E-state index in [1.807, 2.05) is 0 Å². The Morgan fingerprint density at radius 2 is 1.62 bits per heavy atom. The Kier molecular flexibility index (Phi) is 5.78. The van der Waals surface area contributed by atoms with Crippen molar-refractivity contribution in [1.82, 2.24) is 5.32 Å². The molecular formula is C20H16F3NO4S. The molecule has 9 heteroatoms. The summed E-state index contributed by atoms with van der Waals surface area (Å²) in [6, 6.07) is 13.6. The standard InChI is InChI=1S/C20H16F3NO4S/c21-20(22,23)16-8-6-14(7-9-16)12-24-19(25)18-15(10-11-28-18)13-29(26,27)17-4-2-1-3-5-17/h1-11H,12-13H2,(H,24,25). The van der Waals surface area contributed by atoms with E-state index in [1.54, 1.807) is 18.2 Å². The van der Waals surface area contributed by atoms with Crippen molar-refractivity contribution in [2.45, 2.75) is 23.4 Å². The number of hydrogen-bond donors (Lipinski definition) is 1. The summed E-state index contributed by atoms with van der Waals surface area (Å²) in [6.45, 7) is -0.0391. The number of sulfone groups is 1. The fourth-order valence-corrected chi connectivity index (χ4v) is 4.01. The summed E-state index contributed by atoms with van der Waals surface area (Å²) in [5, 5.41) is 2.52. The number of benzene rings is 2. The van der Waals surface area contributed by atoms with Crippen molar-refractivity contribution in [3.8, 4) is 0 Å². The minimum atomic E-state index is -4.44. The summed E-state index contributed by atoms with van der Waals surface area (Å²) in [4.78, 5) is 12.5. The van der Waals surface area contributed by atoms with Crippen molar-refractivity contribution >= 4 is 15.7 Å². The van der Waals surface area contributed by atoms with E-state index in [0.29, 0.717) is 5.56 Å². The molecule has 1 amide bonds. The Bertz CT molecular complexity index is 1090. The van der Waals surface area contributed by atoms with Gasteiger partial charge in [-0.3, -0.25) is 4.79 Å². The third-order valence-corrected chi connectivity index (χ3v) is 5.82. The predicted octanol–water partition coefficient (Wildman–Crippen LogP) is 4.20. The summed E-state index contributed by atoms with van der Waals surface area (Å²) in [6.07, 6.45) is -3.22. The first kappa shape index (κ1) is 20.7. The van der Waals surface area contributed by atoms with Crippen LogP contribution in [-0.2, 0) is 28.3 Å². The Morgan fingerprint density at radius 3 is 2.24 bits per heavy atom. The molecule has 2 aromatic carbocycles. The van der Waals surface area contributed by atoms with Crippen LogP contribution in [0.1, 0.15) is 27.2 Å². The van der Waals surface area contributed by atoms with Gasteiger partial charge in [-0.1, -0.05) is 30.3 Å². The number of carbonyl (C=O) groups is 1. The Labute approximate surface area is 165 Å². The number of amides is 1. The van der Waals surface area contributed by atoms with Crippen LogP contribution in [0.4, 0.5) is 13.2 Å². The molecule has 1 aromatic heterocycles. The smallest absolute Gasteiger partial charge is 0.416 e.